The van der Waals surface area contributed by atoms with E-state index < -0.39 is 5.60 Å². The highest BCUT2D eigenvalue weighted by molar-refractivity contribution is 5.01. The van der Waals surface area contributed by atoms with Crippen molar-refractivity contribution in [2.75, 3.05) is 19.6 Å². The normalized spacial score (nSPS) is 22.1. The number of hydrogen-bond donors (Lipinski definition) is 1. The second-order valence-corrected chi connectivity index (χ2v) is 5.27. The van der Waals surface area contributed by atoms with Crippen LogP contribution in [0.1, 0.15) is 27.2 Å². The first-order chi connectivity index (χ1) is 5.85. The molecule has 1 aliphatic heterocycles. The Kier molecular flexibility index (Phi) is 2.65. The first kappa shape index (κ1) is 10.5. The summed E-state index contributed by atoms with van der Waals surface area (Å²) >= 11 is 0. The number of rotatable bonds is 2. The monoisotopic (exact) mass is 182 g/mol. The first-order valence-corrected chi connectivity index (χ1v) is 4.66. The van der Waals surface area contributed by atoms with Gasteiger partial charge in [-0.25, -0.2) is 0 Å². The van der Waals surface area contributed by atoms with Gasteiger partial charge in [-0.15, -0.1) is 0 Å². The molecule has 0 spiro atoms. The van der Waals surface area contributed by atoms with Crippen molar-refractivity contribution in [2.24, 2.45) is 5.41 Å². The quantitative estimate of drug-likeness (QED) is 0.693. The van der Waals surface area contributed by atoms with Crippen LogP contribution < -0.4 is 0 Å². The maximum absolute atomic E-state index is 9.71. The molecule has 1 rings (SSSR count). The molecule has 0 unspecified atom stereocenters. The molecule has 3 nitrogen and oxygen atoms in total. The van der Waals surface area contributed by atoms with Gasteiger partial charge in [0.15, 0.2) is 0 Å². The van der Waals surface area contributed by atoms with Gasteiger partial charge in [0, 0.05) is 19.6 Å². The van der Waals surface area contributed by atoms with E-state index in [1.54, 1.807) is 0 Å². The van der Waals surface area contributed by atoms with E-state index in [1.165, 1.54) is 0 Å². The molecule has 1 saturated heterocycles. The topological polar surface area (TPSA) is 47.3 Å². The maximum Gasteiger partial charge on any atom is 0.103 e. The van der Waals surface area contributed by atoms with Crippen LogP contribution in [-0.2, 0) is 0 Å². The Hall–Kier alpha value is -0.590. The lowest BCUT2D eigenvalue weighted by molar-refractivity contribution is -0.103. The molecule has 1 heterocycles. The molecule has 0 atom stereocenters. The van der Waals surface area contributed by atoms with E-state index in [4.69, 9.17) is 5.26 Å². The lowest BCUT2D eigenvalue weighted by Gasteiger charge is -2.47. The Bertz CT molecular complexity index is 218. The van der Waals surface area contributed by atoms with Gasteiger partial charge in [-0.3, -0.25) is 4.90 Å². The molecule has 3 heteroatoms. The van der Waals surface area contributed by atoms with Crippen molar-refractivity contribution in [3.05, 3.63) is 0 Å². The van der Waals surface area contributed by atoms with Gasteiger partial charge >= 0.3 is 0 Å². The van der Waals surface area contributed by atoms with Gasteiger partial charge in [0.05, 0.1) is 12.5 Å². The van der Waals surface area contributed by atoms with Crippen LogP contribution in [0.4, 0.5) is 0 Å². The second kappa shape index (κ2) is 3.28. The average Bonchev–Trinajstić information content (AvgIpc) is 1.80. The van der Waals surface area contributed by atoms with Crippen molar-refractivity contribution in [1.82, 2.24) is 4.90 Å². The van der Waals surface area contributed by atoms with E-state index in [0.717, 1.165) is 6.54 Å². The third-order valence-electron chi connectivity index (χ3n) is 2.14. The molecule has 0 bridgehead atoms. The van der Waals surface area contributed by atoms with Crippen LogP contribution in [0.5, 0.6) is 0 Å². The molecule has 0 amide bonds. The number of β-amino-alcohol motifs (C(OH)–C–C–N with tert-alkyl or cyclic N) is 1. The maximum atomic E-state index is 9.71. The summed E-state index contributed by atoms with van der Waals surface area (Å²) in [4.78, 5) is 2.19. The van der Waals surface area contributed by atoms with E-state index in [9.17, 15) is 5.11 Å². The number of hydrogen-bond acceptors (Lipinski definition) is 3. The molecule has 0 saturated carbocycles. The molecule has 13 heavy (non-hydrogen) atoms. The number of nitrogens with zero attached hydrogens (tertiary/aromatic N) is 2. The van der Waals surface area contributed by atoms with Gasteiger partial charge in [-0.2, -0.15) is 5.26 Å². The third-order valence-corrected chi connectivity index (χ3v) is 2.14. The molecular weight excluding hydrogens is 164 g/mol. The fraction of sp³-hybridized carbons (Fsp3) is 0.900. The smallest absolute Gasteiger partial charge is 0.103 e. The molecule has 1 fully saturated rings. The minimum Gasteiger partial charge on any atom is -0.386 e. The summed E-state index contributed by atoms with van der Waals surface area (Å²) in [6.07, 6.45) is 0.258. The van der Waals surface area contributed by atoms with Gasteiger partial charge in [-0.1, -0.05) is 20.8 Å². The van der Waals surface area contributed by atoms with Crippen molar-refractivity contribution in [2.45, 2.75) is 32.8 Å². The zero-order chi connectivity index (χ0) is 10.1. The van der Waals surface area contributed by atoms with E-state index in [0.29, 0.717) is 13.1 Å². The molecule has 0 aromatic rings. The van der Waals surface area contributed by atoms with Gasteiger partial charge in [-0.05, 0) is 5.41 Å². The molecular formula is C10H18N2O. The Morgan fingerprint density at radius 2 is 2.00 bits per heavy atom. The third kappa shape index (κ3) is 2.98. The Morgan fingerprint density at radius 1 is 1.46 bits per heavy atom. The fourth-order valence-corrected chi connectivity index (χ4v) is 1.83. The second-order valence-electron chi connectivity index (χ2n) is 5.27. The van der Waals surface area contributed by atoms with Gasteiger partial charge in [0.25, 0.3) is 0 Å². The summed E-state index contributed by atoms with van der Waals surface area (Å²) in [5, 5.41) is 18.2. The zero-order valence-electron chi connectivity index (χ0n) is 8.67. The van der Waals surface area contributed by atoms with Crippen LogP contribution in [0, 0.1) is 16.7 Å². The Labute approximate surface area is 80.0 Å². The SMILES string of the molecule is CC(C)(C)CN1CC(O)(CC#N)C1. The molecule has 0 radical (unpaired) electrons. The average molecular weight is 182 g/mol. The summed E-state index contributed by atoms with van der Waals surface area (Å²) in [7, 11) is 0. The predicted octanol–water partition coefficient (Wildman–Crippen LogP) is 0.993. The summed E-state index contributed by atoms with van der Waals surface area (Å²) in [6, 6.07) is 2.02. The van der Waals surface area contributed by atoms with Crippen molar-refractivity contribution in [3.8, 4) is 6.07 Å². The summed E-state index contributed by atoms with van der Waals surface area (Å²) < 4.78 is 0. The van der Waals surface area contributed by atoms with Crippen molar-refractivity contribution < 1.29 is 5.11 Å². The van der Waals surface area contributed by atoms with E-state index in [2.05, 4.69) is 25.7 Å². The molecule has 0 aromatic heterocycles. The van der Waals surface area contributed by atoms with Crippen LogP contribution in [0.2, 0.25) is 0 Å². The predicted molar refractivity (Wildman–Crippen MR) is 51.1 cm³/mol. The lowest BCUT2D eigenvalue weighted by Crippen LogP contribution is -2.62. The number of nitriles is 1. The van der Waals surface area contributed by atoms with Gasteiger partial charge in [0.2, 0.25) is 0 Å². The number of aliphatic hydroxyl groups is 1. The summed E-state index contributed by atoms with van der Waals surface area (Å²) in [5.41, 5.74) is -0.450. The Balaban J connectivity index is 2.30. The summed E-state index contributed by atoms with van der Waals surface area (Å²) in [6.45, 7) is 8.81. The Morgan fingerprint density at radius 3 is 2.38 bits per heavy atom. The zero-order valence-corrected chi connectivity index (χ0v) is 8.67. The minimum absolute atomic E-state index is 0.258. The molecule has 74 valence electrons. The van der Waals surface area contributed by atoms with Crippen LogP contribution in [0.25, 0.3) is 0 Å². The van der Waals surface area contributed by atoms with Crippen LogP contribution >= 0.6 is 0 Å². The highest BCUT2D eigenvalue weighted by Crippen LogP contribution is 2.27. The highest BCUT2D eigenvalue weighted by Gasteiger charge is 2.41. The van der Waals surface area contributed by atoms with Crippen molar-refractivity contribution in [1.29, 1.82) is 5.26 Å². The van der Waals surface area contributed by atoms with Crippen molar-refractivity contribution >= 4 is 0 Å². The van der Waals surface area contributed by atoms with E-state index >= 15 is 0 Å². The number of likely N-dealkylation sites (tertiary alicyclic amines) is 1. The molecule has 1 N–H and O–H groups in total. The van der Waals surface area contributed by atoms with Crippen LogP contribution in [0.15, 0.2) is 0 Å². The standard InChI is InChI=1S/C10H18N2O/c1-9(2,3)6-12-7-10(13,8-12)4-5-11/h13H,4,6-8H2,1-3H3. The van der Waals surface area contributed by atoms with Crippen LogP contribution in [0.3, 0.4) is 0 Å². The summed E-state index contributed by atoms with van der Waals surface area (Å²) in [5.74, 6) is 0. The van der Waals surface area contributed by atoms with Gasteiger partial charge in [0.1, 0.15) is 5.60 Å². The van der Waals surface area contributed by atoms with E-state index in [-0.39, 0.29) is 11.8 Å². The molecule has 1 aliphatic rings. The largest absolute Gasteiger partial charge is 0.386 e. The fourth-order valence-electron chi connectivity index (χ4n) is 1.83. The van der Waals surface area contributed by atoms with Crippen LogP contribution in [-0.4, -0.2) is 35.2 Å². The lowest BCUT2D eigenvalue weighted by atomic mass is 9.87. The van der Waals surface area contributed by atoms with Crippen molar-refractivity contribution in [3.63, 3.8) is 0 Å². The molecule has 0 aliphatic carbocycles. The molecule has 0 aromatic carbocycles. The minimum atomic E-state index is -0.722. The first-order valence-electron chi connectivity index (χ1n) is 4.66. The van der Waals surface area contributed by atoms with Gasteiger partial charge < -0.3 is 5.11 Å². The van der Waals surface area contributed by atoms with E-state index in [1.807, 2.05) is 6.07 Å². The highest BCUT2D eigenvalue weighted by atomic mass is 16.3.